The lowest BCUT2D eigenvalue weighted by Crippen LogP contribution is -2.25. The van der Waals surface area contributed by atoms with Gasteiger partial charge in [-0.3, -0.25) is 9.78 Å². The second-order valence-electron chi connectivity index (χ2n) is 3.90. The largest absolute Gasteiger partial charge is 0.352 e. The minimum atomic E-state index is -0.0712. The van der Waals surface area contributed by atoms with Crippen LogP contribution in [0, 0.1) is 6.92 Å². The molecule has 0 aromatic carbocycles. The summed E-state index contributed by atoms with van der Waals surface area (Å²) >= 11 is 5.11. The molecule has 0 bridgehead atoms. The van der Waals surface area contributed by atoms with Crippen molar-refractivity contribution in [3.8, 4) is 0 Å². The van der Waals surface area contributed by atoms with E-state index in [1.807, 2.05) is 19.1 Å². The van der Waals surface area contributed by atoms with Crippen LogP contribution in [0.3, 0.4) is 0 Å². The third-order valence-corrected chi connectivity index (χ3v) is 4.14. The number of amides is 1. The zero-order valence-electron chi connectivity index (χ0n) is 9.94. The number of carbonyl (C=O) groups is 1. The Labute approximate surface area is 118 Å². The summed E-state index contributed by atoms with van der Waals surface area (Å²) in [6.07, 6.45) is 2.45. The maximum absolute atomic E-state index is 11.8. The molecule has 0 radical (unpaired) electrons. The van der Waals surface area contributed by atoms with Crippen molar-refractivity contribution in [3.63, 3.8) is 0 Å². The summed E-state index contributed by atoms with van der Waals surface area (Å²) in [4.78, 5) is 17.2. The molecule has 94 valence electrons. The summed E-state index contributed by atoms with van der Waals surface area (Å²) in [5.41, 5.74) is 1.52. The van der Waals surface area contributed by atoms with Gasteiger partial charge < -0.3 is 5.32 Å². The highest BCUT2D eigenvalue weighted by Crippen LogP contribution is 2.22. The topological polar surface area (TPSA) is 42.0 Å². The second kappa shape index (κ2) is 6.11. The molecule has 0 saturated carbocycles. The smallest absolute Gasteiger partial charge is 0.252 e. The van der Waals surface area contributed by atoms with E-state index in [-0.39, 0.29) is 5.91 Å². The van der Waals surface area contributed by atoms with Gasteiger partial charge in [-0.1, -0.05) is 0 Å². The van der Waals surface area contributed by atoms with Gasteiger partial charge in [-0.25, -0.2) is 0 Å². The molecule has 5 heteroatoms. The molecular formula is C13H13BrN2OS. The Bertz CT molecular complexity index is 536. The fourth-order valence-corrected chi connectivity index (χ4v) is 2.97. The van der Waals surface area contributed by atoms with Gasteiger partial charge in [0.05, 0.1) is 9.35 Å². The minimum absolute atomic E-state index is 0.0712. The van der Waals surface area contributed by atoms with E-state index in [0.29, 0.717) is 12.1 Å². The van der Waals surface area contributed by atoms with E-state index in [9.17, 15) is 4.79 Å². The number of rotatable bonds is 4. The van der Waals surface area contributed by atoms with E-state index in [4.69, 9.17) is 0 Å². The molecule has 2 rings (SSSR count). The number of halogens is 1. The van der Waals surface area contributed by atoms with Crippen LogP contribution >= 0.6 is 27.3 Å². The second-order valence-corrected chi connectivity index (χ2v) is 6.45. The number of nitrogens with one attached hydrogen (secondary N) is 1. The number of nitrogens with zero attached hydrogens (tertiary/aromatic N) is 1. The van der Waals surface area contributed by atoms with Crippen LogP contribution in [0.1, 0.15) is 20.9 Å². The lowest BCUT2D eigenvalue weighted by atomic mass is 10.2. The van der Waals surface area contributed by atoms with Crippen LogP contribution in [0.2, 0.25) is 0 Å². The van der Waals surface area contributed by atoms with Gasteiger partial charge in [0.1, 0.15) is 0 Å². The normalized spacial score (nSPS) is 10.3. The summed E-state index contributed by atoms with van der Waals surface area (Å²) in [6.45, 7) is 2.54. The molecule has 18 heavy (non-hydrogen) atoms. The molecule has 0 atom stereocenters. The highest BCUT2D eigenvalue weighted by Gasteiger charge is 2.05. The van der Waals surface area contributed by atoms with Gasteiger partial charge in [0.2, 0.25) is 0 Å². The zero-order chi connectivity index (χ0) is 13.0. The average Bonchev–Trinajstić information content (AvgIpc) is 2.76. The molecule has 0 aliphatic rings. The van der Waals surface area contributed by atoms with Crippen LogP contribution in [0.25, 0.3) is 0 Å². The minimum Gasteiger partial charge on any atom is -0.352 e. The zero-order valence-corrected chi connectivity index (χ0v) is 12.3. The Morgan fingerprint density at radius 3 is 2.83 bits per heavy atom. The van der Waals surface area contributed by atoms with Crippen LogP contribution < -0.4 is 5.32 Å². The van der Waals surface area contributed by atoms with Crippen LogP contribution in [0.5, 0.6) is 0 Å². The van der Waals surface area contributed by atoms with E-state index < -0.39 is 0 Å². The van der Waals surface area contributed by atoms with Crippen molar-refractivity contribution in [2.45, 2.75) is 13.3 Å². The highest BCUT2D eigenvalue weighted by molar-refractivity contribution is 9.11. The lowest BCUT2D eigenvalue weighted by molar-refractivity contribution is 0.0954. The quantitative estimate of drug-likeness (QED) is 0.938. The number of aromatic nitrogens is 1. The first-order chi connectivity index (χ1) is 8.65. The summed E-state index contributed by atoms with van der Waals surface area (Å²) in [5, 5.41) is 2.89. The van der Waals surface area contributed by atoms with Crippen molar-refractivity contribution in [2.75, 3.05) is 6.54 Å². The van der Waals surface area contributed by atoms with E-state index >= 15 is 0 Å². The molecule has 3 nitrogen and oxygen atoms in total. The van der Waals surface area contributed by atoms with Crippen LogP contribution in [-0.4, -0.2) is 17.4 Å². The van der Waals surface area contributed by atoms with Gasteiger partial charge in [-0.05, 0) is 53.5 Å². The first kappa shape index (κ1) is 13.2. The first-order valence-corrected chi connectivity index (χ1v) is 7.21. The van der Waals surface area contributed by atoms with Crippen molar-refractivity contribution < 1.29 is 4.79 Å². The fraction of sp³-hybridized carbons (Fsp3) is 0.231. The number of pyridine rings is 1. The van der Waals surface area contributed by atoms with Crippen LogP contribution in [0.4, 0.5) is 0 Å². The summed E-state index contributed by atoms with van der Waals surface area (Å²) < 4.78 is 1.12. The number of aryl methyl sites for hydroxylation is 1. The first-order valence-electron chi connectivity index (χ1n) is 5.60. The number of carbonyl (C=O) groups excluding carboxylic acids is 1. The van der Waals surface area contributed by atoms with E-state index in [1.165, 1.54) is 4.88 Å². The predicted octanol–water partition coefficient (Wildman–Crippen LogP) is 3.19. The third kappa shape index (κ3) is 3.65. The Kier molecular flexibility index (Phi) is 4.49. The van der Waals surface area contributed by atoms with Gasteiger partial charge in [0.15, 0.2) is 0 Å². The molecular weight excluding hydrogens is 312 g/mol. The lowest BCUT2D eigenvalue weighted by Gasteiger charge is -2.04. The van der Waals surface area contributed by atoms with Crippen LogP contribution in [-0.2, 0) is 6.42 Å². The number of hydrogen-bond donors (Lipinski definition) is 1. The Morgan fingerprint density at radius 2 is 2.22 bits per heavy atom. The Balaban J connectivity index is 1.83. The van der Waals surface area contributed by atoms with E-state index in [0.717, 1.165) is 15.9 Å². The molecule has 2 aromatic heterocycles. The van der Waals surface area contributed by atoms with Gasteiger partial charge in [0, 0.05) is 23.3 Å². The molecule has 2 heterocycles. The van der Waals surface area contributed by atoms with Crippen molar-refractivity contribution in [3.05, 3.63) is 50.4 Å². The molecule has 0 unspecified atom stereocenters. The molecule has 1 amide bonds. The number of hydrogen-bond acceptors (Lipinski definition) is 3. The fourth-order valence-electron chi connectivity index (χ4n) is 1.49. The maximum Gasteiger partial charge on any atom is 0.252 e. The molecule has 1 N–H and O–H groups in total. The average molecular weight is 325 g/mol. The number of thiophene rings is 1. The van der Waals surface area contributed by atoms with Gasteiger partial charge in [-0.2, -0.15) is 0 Å². The molecule has 0 aliphatic heterocycles. The van der Waals surface area contributed by atoms with Crippen molar-refractivity contribution in [2.24, 2.45) is 0 Å². The van der Waals surface area contributed by atoms with Crippen molar-refractivity contribution in [1.29, 1.82) is 0 Å². The highest BCUT2D eigenvalue weighted by atomic mass is 79.9. The Hall–Kier alpha value is -1.20. The summed E-state index contributed by atoms with van der Waals surface area (Å²) in [7, 11) is 0. The maximum atomic E-state index is 11.8. The predicted molar refractivity (Wildman–Crippen MR) is 77.0 cm³/mol. The van der Waals surface area contributed by atoms with Crippen molar-refractivity contribution >= 4 is 33.2 Å². The third-order valence-electron chi connectivity index (χ3n) is 2.46. The monoisotopic (exact) mass is 324 g/mol. The van der Waals surface area contributed by atoms with Crippen LogP contribution in [0.15, 0.2) is 34.2 Å². The van der Waals surface area contributed by atoms with Crippen molar-refractivity contribution in [1.82, 2.24) is 10.3 Å². The molecule has 2 aromatic rings. The Morgan fingerprint density at radius 1 is 1.39 bits per heavy atom. The van der Waals surface area contributed by atoms with Gasteiger partial charge >= 0.3 is 0 Å². The summed E-state index contributed by atoms with van der Waals surface area (Å²) in [5.74, 6) is -0.0712. The standard InChI is InChI=1S/C13H13BrN2OS/c1-9-2-3-10(8-16-9)13(17)15-7-6-11-4-5-12(14)18-11/h2-5,8H,6-7H2,1H3,(H,15,17). The molecule has 0 fully saturated rings. The van der Waals surface area contributed by atoms with Gasteiger partial charge in [-0.15, -0.1) is 11.3 Å². The van der Waals surface area contributed by atoms with E-state index in [2.05, 4.69) is 32.3 Å². The SMILES string of the molecule is Cc1ccc(C(=O)NCCc2ccc(Br)s2)cn1. The van der Waals surface area contributed by atoms with E-state index in [1.54, 1.807) is 23.6 Å². The molecule has 0 saturated heterocycles. The summed E-state index contributed by atoms with van der Waals surface area (Å²) in [6, 6.07) is 7.71. The van der Waals surface area contributed by atoms with Gasteiger partial charge in [0.25, 0.3) is 5.91 Å². The molecule has 0 spiro atoms. The molecule has 0 aliphatic carbocycles.